The van der Waals surface area contributed by atoms with Gasteiger partial charge < -0.3 is 14.6 Å². The molecular weight excluding hydrogens is 416 g/mol. The van der Waals surface area contributed by atoms with Crippen LogP contribution in [-0.4, -0.2) is 67.4 Å². The molecule has 1 aliphatic heterocycles. The van der Waals surface area contributed by atoms with Crippen molar-refractivity contribution >= 4 is 10.0 Å². The van der Waals surface area contributed by atoms with Crippen LogP contribution in [0.2, 0.25) is 0 Å². The molecule has 2 heterocycles. The molecule has 1 fully saturated rings. The van der Waals surface area contributed by atoms with Crippen LogP contribution in [0.1, 0.15) is 44.4 Å². The van der Waals surface area contributed by atoms with Gasteiger partial charge in [-0.05, 0) is 44.5 Å². The first-order valence-electron chi connectivity index (χ1n) is 10.7. The number of nitrogens with zero attached hydrogens (tertiary/aromatic N) is 3. The number of hydrogen-bond donors (Lipinski definition) is 1. The van der Waals surface area contributed by atoms with E-state index in [1.54, 1.807) is 25.1 Å². The summed E-state index contributed by atoms with van der Waals surface area (Å²) in [6.45, 7) is 10.4. The van der Waals surface area contributed by atoms with Crippen molar-refractivity contribution < 1.29 is 13.2 Å². The lowest BCUT2D eigenvalue weighted by atomic mass is 10.1. The van der Waals surface area contributed by atoms with Gasteiger partial charge in [-0.15, -0.1) is 0 Å². The zero-order valence-corrected chi connectivity index (χ0v) is 19.8. The van der Waals surface area contributed by atoms with E-state index in [4.69, 9.17) is 4.74 Å². The fourth-order valence-electron chi connectivity index (χ4n) is 3.61. The molecule has 1 aromatic carbocycles. The summed E-state index contributed by atoms with van der Waals surface area (Å²) >= 11 is 0. The third-order valence-electron chi connectivity index (χ3n) is 5.50. The average molecular weight is 449 g/mol. The maximum absolute atomic E-state index is 13.3. The Hall–Kier alpha value is -2.23. The lowest BCUT2D eigenvalue weighted by Gasteiger charge is -2.31. The van der Waals surface area contributed by atoms with E-state index < -0.39 is 10.0 Å². The summed E-state index contributed by atoms with van der Waals surface area (Å²) in [4.78, 5) is 22.3. The normalized spacial score (nSPS) is 16.1. The first kappa shape index (κ1) is 23.4. The molecule has 1 aromatic heterocycles. The van der Waals surface area contributed by atoms with Crippen molar-refractivity contribution in [1.29, 1.82) is 0 Å². The number of ether oxygens (including phenoxy) is 1. The number of sulfonamides is 1. The smallest absolute Gasteiger partial charge is 0.254 e. The third kappa shape index (κ3) is 4.99. The second-order valence-electron chi connectivity index (χ2n) is 8.29. The number of likely N-dealkylation sites (N-methyl/N-ethyl adjacent to an activating group) is 1. The quantitative estimate of drug-likeness (QED) is 0.700. The second-order valence-corrected chi connectivity index (χ2v) is 10.2. The lowest BCUT2D eigenvalue weighted by molar-refractivity contribution is 0.222. The van der Waals surface area contributed by atoms with Gasteiger partial charge in [-0.1, -0.05) is 20.8 Å². The summed E-state index contributed by atoms with van der Waals surface area (Å²) in [5.41, 5.74) is 1.49. The first-order valence-corrected chi connectivity index (χ1v) is 12.2. The number of aromatic amines is 1. The highest BCUT2D eigenvalue weighted by Crippen LogP contribution is 2.32. The second kappa shape index (κ2) is 9.50. The van der Waals surface area contributed by atoms with Crippen LogP contribution in [0.5, 0.6) is 5.75 Å². The molecule has 1 N–H and O–H groups in total. The van der Waals surface area contributed by atoms with Crippen molar-refractivity contribution in [1.82, 2.24) is 19.2 Å². The average Bonchev–Trinajstić information content (AvgIpc) is 2.74. The molecule has 1 aliphatic rings. The topological polar surface area (TPSA) is 95.6 Å². The van der Waals surface area contributed by atoms with Gasteiger partial charge in [0.15, 0.2) is 0 Å². The van der Waals surface area contributed by atoms with E-state index in [9.17, 15) is 13.2 Å². The molecule has 31 heavy (non-hydrogen) atoms. The largest absolute Gasteiger partial charge is 0.493 e. The fourth-order valence-corrected chi connectivity index (χ4v) is 5.06. The van der Waals surface area contributed by atoms with Crippen LogP contribution in [0.3, 0.4) is 0 Å². The highest BCUT2D eigenvalue weighted by molar-refractivity contribution is 7.89. The Morgan fingerprint density at radius 3 is 2.48 bits per heavy atom. The maximum Gasteiger partial charge on any atom is 0.254 e. The number of piperazine rings is 1. The van der Waals surface area contributed by atoms with Gasteiger partial charge in [0.05, 0.1) is 22.8 Å². The van der Waals surface area contributed by atoms with E-state index in [1.807, 2.05) is 27.8 Å². The molecule has 0 radical (unpaired) electrons. The Labute approximate surface area is 184 Å². The van der Waals surface area contributed by atoms with Gasteiger partial charge in [0.25, 0.3) is 5.56 Å². The summed E-state index contributed by atoms with van der Waals surface area (Å²) in [7, 11) is -1.69. The van der Waals surface area contributed by atoms with Gasteiger partial charge in [0, 0.05) is 31.7 Å². The van der Waals surface area contributed by atoms with E-state index >= 15 is 0 Å². The van der Waals surface area contributed by atoms with Gasteiger partial charge in [-0.2, -0.15) is 4.31 Å². The molecule has 9 heteroatoms. The lowest BCUT2D eigenvalue weighted by Crippen LogP contribution is -2.47. The monoisotopic (exact) mass is 448 g/mol. The summed E-state index contributed by atoms with van der Waals surface area (Å²) in [6.07, 6.45) is 0.801. The first-order chi connectivity index (χ1) is 14.6. The van der Waals surface area contributed by atoms with Crippen LogP contribution in [-0.2, 0) is 10.0 Å². The Morgan fingerprint density at radius 2 is 1.87 bits per heavy atom. The molecule has 0 saturated carbocycles. The molecule has 0 spiro atoms. The van der Waals surface area contributed by atoms with E-state index in [2.05, 4.69) is 14.9 Å². The summed E-state index contributed by atoms with van der Waals surface area (Å²) in [5, 5.41) is 0. The molecule has 170 valence electrons. The van der Waals surface area contributed by atoms with Gasteiger partial charge in [-0.3, -0.25) is 4.79 Å². The SMILES string of the molecule is CCCOc1ccc(S(=O)(=O)N2CCN(C)CC2)cc1-c1nc(C(C)C)c(C)c(=O)[nH]1. The van der Waals surface area contributed by atoms with Gasteiger partial charge in [0.1, 0.15) is 11.6 Å². The molecule has 2 aromatic rings. The molecule has 0 amide bonds. The van der Waals surface area contributed by atoms with Gasteiger partial charge >= 0.3 is 0 Å². The van der Waals surface area contributed by atoms with Crippen molar-refractivity contribution in [2.45, 2.75) is 44.9 Å². The highest BCUT2D eigenvalue weighted by atomic mass is 32.2. The van der Waals surface area contributed by atoms with E-state index in [0.717, 1.165) is 6.42 Å². The maximum atomic E-state index is 13.3. The Morgan fingerprint density at radius 1 is 1.19 bits per heavy atom. The van der Waals surface area contributed by atoms with Crippen molar-refractivity contribution in [3.8, 4) is 17.1 Å². The highest BCUT2D eigenvalue weighted by Gasteiger charge is 2.28. The van der Waals surface area contributed by atoms with Crippen LogP contribution in [0, 0.1) is 6.92 Å². The molecule has 1 saturated heterocycles. The van der Waals surface area contributed by atoms with Gasteiger partial charge in [0.2, 0.25) is 10.0 Å². The van der Waals surface area contributed by atoms with E-state index in [-0.39, 0.29) is 16.4 Å². The van der Waals surface area contributed by atoms with Crippen LogP contribution in [0.15, 0.2) is 27.9 Å². The van der Waals surface area contributed by atoms with E-state index in [0.29, 0.717) is 61.2 Å². The molecule has 3 rings (SSSR count). The molecule has 0 bridgehead atoms. The molecule has 8 nitrogen and oxygen atoms in total. The summed E-state index contributed by atoms with van der Waals surface area (Å²) in [6, 6.07) is 4.79. The minimum atomic E-state index is -3.67. The fraction of sp³-hybridized carbons (Fsp3) is 0.545. The van der Waals surface area contributed by atoms with E-state index in [1.165, 1.54) is 4.31 Å². The number of hydrogen-bond acceptors (Lipinski definition) is 6. The third-order valence-corrected chi connectivity index (χ3v) is 7.40. The molecule has 0 aliphatic carbocycles. The minimum absolute atomic E-state index is 0.0540. The van der Waals surface area contributed by atoms with Crippen molar-refractivity contribution in [3.63, 3.8) is 0 Å². The standard InChI is InChI=1S/C22H32N4O4S/c1-6-13-30-19-8-7-17(31(28,29)26-11-9-25(5)10-12-26)14-18(19)21-23-20(15(2)3)16(4)22(27)24-21/h7-8,14-15H,6,9-13H2,1-5H3,(H,23,24,27). The summed E-state index contributed by atoms with van der Waals surface area (Å²) in [5.74, 6) is 0.875. The number of aromatic nitrogens is 2. The Kier molecular flexibility index (Phi) is 7.18. The molecule has 0 unspecified atom stereocenters. The zero-order valence-electron chi connectivity index (χ0n) is 18.9. The number of benzene rings is 1. The van der Waals surface area contributed by atoms with Crippen LogP contribution in [0.4, 0.5) is 0 Å². The predicted octanol–water partition coefficient (Wildman–Crippen LogP) is 2.59. The number of nitrogens with one attached hydrogen (secondary N) is 1. The van der Waals surface area contributed by atoms with Crippen LogP contribution >= 0.6 is 0 Å². The predicted molar refractivity (Wildman–Crippen MR) is 121 cm³/mol. The summed E-state index contributed by atoms with van der Waals surface area (Å²) < 4.78 is 33.9. The number of H-pyrrole nitrogens is 1. The Balaban J connectivity index is 2.11. The minimum Gasteiger partial charge on any atom is -0.493 e. The molecule has 0 atom stereocenters. The zero-order chi connectivity index (χ0) is 22.8. The van der Waals surface area contributed by atoms with Crippen molar-refractivity contribution in [3.05, 3.63) is 39.8 Å². The van der Waals surface area contributed by atoms with Crippen molar-refractivity contribution in [2.75, 3.05) is 39.8 Å². The Bertz CT molecular complexity index is 1090. The molecular formula is C22H32N4O4S. The number of rotatable bonds is 7. The van der Waals surface area contributed by atoms with Gasteiger partial charge in [-0.25, -0.2) is 13.4 Å². The van der Waals surface area contributed by atoms with Crippen LogP contribution in [0.25, 0.3) is 11.4 Å². The van der Waals surface area contributed by atoms with Crippen molar-refractivity contribution in [2.24, 2.45) is 0 Å². The van der Waals surface area contributed by atoms with Crippen LogP contribution < -0.4 is 10.3 Å².